The molecule has 1 N–H and O–H groups in total. The zero-order chi connectivity index (χ0) is 20.3. The van der Waals surface area contributed by atoms with Crippen LogP contribution >= 0.6 is 0 Å². The average Bonchev–Trinajstić information content (AvgIpc) is 2.69. The number of halogens is 1. The highest BCUT2D eigenvalue weighted by Crippen LogP contribution is 2.30. The number of amides is 1. The van der Waals surface area contributed by atoms with Crippen LogP contribution in [-0.4, -0.2) is 38.8 Å². The van der Waals surface area contributed by atoms with Crippen molar-refractivity contribution in [1.82, 2.24) is 4.31 Å². The molecule has 0 aliphatic carbocycles. The van der Waals surface area contributed by atoms with Crippen molar-refractivity contribution in [2.45, 2.75) is 24.7 Å². The number of hydrogen-bond acceptors (Lipinski definition) is 4. The standard InChI is InChI=1S/C20H23FN2O4S/c1-14-6-3-4-8-17(14)22-20(24)15-7-5-11-23(13-15)28(25,26)19-12-16(21)9-10-18(19)27-2/h3-4,6,8-10,12,15H,5,7,11,13H2,1-2H3,(H,22,24). The topological polar surface area (TPSA) is 75.7 Å². The summed E-state index contributed by atoms with van der Waals surface area (Å²) in [6, 6.07) is 10.8. The van der Waals surface area contributed by atoms with Crippen LogP contribution in [0.1, 0.15) is 18.4 Å². The van der Waals surface area contributed by atoms with Crippen molar-refractivity contribution >= 4 is 21.6 Å². The predicted octanol–water partition coefficient (Wildman–Crippen LogP) is 3.18. The van der Waals surface area contributed by atoms with Crippen LogP contribution < -0.4 is 10.1 Å². The summed E-state index contributed by atoms with van der Waals surface area (Å²) in [5.41, 5.74) is 1.64. The molecule has 0 radical (unpaired) electrons. The molecule has 1 atom stereocenters. The van der Waals surface area contributed by atoms with Crippen LogP contribution in [0.5, 0.6) is 5.75 Å². The molecule has 1 saturated heterocycles. The minimum absolute atomic E-state index is 0.0414. The first-order chi connectivity index (χ1) is 13.3. The summed E-state index contributed by atoms with van der Waals surface area (Å²) in [6.45, 7) is 2.21. The van der Waals surface area contributed by atoms with Crippen LogP contribution in [0.4, 0.5) is 10.1 Å². The monoisotopic (exact) mass is 406 g/mol. The molecule has 1 amide bonds. The first-order valence-electron chi connectivity index (χ1n) is 9.03. The zero-order valence-electron chi connectivity index (χ0n) is 15.8. The van der Waals surface area contributed by atoms with E-state index in [9.17, 15) is 17.6 Å². The minimum atomic E-state index is -3.99. The van der Waals surface area contributed by atoms with Gasteiger partial charge < -0.3 is 10.1 Å². The number of anilines is 1. The lowest BCUT2D eigenvalue weighted by molar-refractivity contribution is -0.120. The molecule has 0 bridgehead atoms. The zero-order valence-corrected chi connectivity index (χ0v) is 16.6. The number of hydrogen-bond donors (Lipinski definition) is 1. The SMILES string of the molecule is COc1ccc(F)cc1S(=O)(=O)N1CCCC(C(=O)Nc2ccccc2C)C1. The van der Waals surface area contributed by atoms with Crippen molar-refractivity contribution in [2.24, 2.45) is 5.92 Å². The smallest absolute Gasteiger partial charge is 0.246 e. The second-order valence-corrected chi connectivity index (χ2v) is 8.71. The number of methoxy groups -OCH3 is 1. The summed E-state index contributed by atoms with van der Waals surface area (Å²) >= 11 is 0. The molecular weight excluding hydrogens is 383 g/mol. The molecular formula is C20H23FN2O4S. The summed E-state index contributed by atoms with van der Waals surface area (Å²) in [5, 5.41) is 2.88. The summed E-state index contributed by atoms with van der Waals surface area (Å²) in [7, 11) is -2.65. The van der Waals surface area contributed by atoms with Gasteiger partial charge in [0.05, 0.1) is 13.0 Å². The van der Waals surface area contributed by atoms with E-state index >= 15 is 0 Å². The van der Waals surface area contributed by atoms with Gasteiger partial charge in [-0.3, -0.25) is 4.79 Å². The van der Waals surface area contributed by atoms with E-state index in [2.05, 4.69) is 5.32 Å². The van der Waals surface area contributed by atoms with Gasteiger partial charge in [0, 0.05) is 18.8 Å². The molecule has 0 spiro atoms. The molecule has 2 aromatic rings. The highest BCUT2D eigenvalue weighted by atomic mass is 32.2. The molecule has 1 fully saturated rings. The van der Waals surface area contributed by atoms with Crippen LogP contribution in [0.15, 0.2) is 47.4 Å². The number of benzene rings is 2. The lowest BCUT2D eigenvalue weighted by atomic mass is 9.98. The maximum atomic E-state index is 13.7. The van der Waals surface area contributed by atoms with Crippen molar-refractivity contribution in [3.05, 3.63) is 53.8 Å². The Kier molecular flexibility index (Phi) is 6.00. The third-order valence-electron chi connectivity index (χ3n) is 4.90. The van der Waals surface area contributed by atoms with Gasteiger partial charge in [-0.15, -0.1) is 0 Å². The van der Waals surface area contributed by atoms with Gasteiger partial charge in [0.25, 0.3) is 0 Å². The van der Waals surface area contributed by atoms with Gasteiger partial charge in [0.15, 0.2) is 0 Å². The summed E-state index contributed by atoms with van der Waals surface area (Å²) < 4.78 is 46.1. The minimum Gasteiger partial charge on any atom is -0.495 e. The van der Waals surface area contributed by atoms with E-state index in [1.807, 2.05) is 31.2 Å². The number of carbonyl (C=O) groups excluding carboxylic acids is 1. The van der Waals surface area contributed by atoms with E-state index in [0.29, 0.717) is 18.5 Å². The number of carbonyl (C=O) groups is 1. The van der Waals surface area contributed by atoms with Gasteiger partial charge >= 0.3 is 0 Å². The van der Waals surface area contributed by atoms with Crippen LogP contribution in [0, 0.1) is 18.7 Å². The van der Waals surface area contributed by atoms with E-state index < -0.39 is 21.8 Å². The van der Waals surface area contributed by atoms with Crippen LogP contribution in [0.2, 0.25) is 0 Å². The second kappa shape index (κ2) is 8.28. The molecule has 150 valence electrons. The average molecular weight is 406 g/mol. The number of nitrogens with zero attached hydrogens (tertiary/aromatic N) is 1. The first kappa shape index (κ1) is 20.3. The van der Waals surface area contributed by atoms with E-state index in [-0.39, 0.29) is 29.6 Å². The molecule has 3 rings (SSSR count). The predicted molar refractivity (Wildman–Crippen MR) is 104 cm³/mol. The Morgan fingerprint density at radius 3 is 2.71 bits per heavy atom. The molecule has 28 heavy (non-hydrogen) atoms. The Hall–Kier alpha value is -2.45. The fourth-order valence-corrected chi connectivity index (χ4v) is 5.00. The summed E-state index contributed by atoms with van der Waals surface area (Å²) in [5.74, 6) is -1.29. The second-order valence-electron chi connectivity index (χ2n) is 6.80. The molecule has 1 aliphatic rings. The molecule has 1 unspecified atom stereocenters. The van der Waals surface area contributed by atoms with Gasteiger partial charge in [0.1, 0.15) is 16.5 Å². The van der Waals surface area contributed by atoms with Crippen LogP contribution in [0.3, 0.4) is 0 Å². The Balaban J connectivity index is 1.80. The largest absolute Gasteiger partial charge is 0.495 e. The van der Waals surface area contributed by atoms with E-state index in [1.54, 1.807) is 0 Å². The number of piperidine rings is 1. The molecule has 1 aliphatic heterocycles. The number of para-hydroxylation sites is 1. The number of sulfonamides is 1. The summed E-state index contributed by atoms with van der Waals surface area (Å²) in [6.07, 6.45) is 1.13. The summed E-state index contributed by atoms with van der Waals surface area (Å²) in [4.78, 5) is 12.5. The van der Waals surface area contributed by atoms with Crippen molar-refractivity contribution in [1.29, 1.82) is 0 Å². The van der Waals surface area contributed by atoms with Crippen molar-refractivity contribution in [3.8, 4) is 5.75 Å². The number of ether oxygens (including phenoxy) is 1. The van der Waals surface area contributed by atoms with E-state index in [4.69, 9.17) is 4.74 Å². The Bertz CT molecular complexity index is 978. The number of nitrogens with one attached hydrogen (secondary N) is 1. The molecule has 2 aromatic carbocycles. The van der Waals surface area contributed by atoms with Crippen molar-refractivity contribution in [3.63, 3.8) is 0 Å². The normalized spacial score (nSPS) is 17.9. The van der Waals surface area contributed by atoms with Gasteiger partial charge in [-0.25, -0.2) is 12.8 Å². The molecule has 0 saturated carbocycles. The highest BCUT2D eigenvalue weighted by molar-refractivity contribution is 7.89. The van der Waals surface area contributed by atoms with Crippen LogP contribution in [-0.2, 0) is 14.8 Å². The van der Waals surface area contributed by atoms with E-state index in [1.165, 1.54) is 17.5 Å². The molecule has 1 heterocycles. The Labute approximate surface area is 164 Å². The van der Waals surface area contributed by atoms with Gasteiger partial charge in [-0.2, -0.15) is 4.31 Å². The van der Waals surface area contributed by atoms with Gasteiger partial charge in [0.2, 0.25) is 15.9 Å². The fraction of sp³-hybridized carbons (Fsp3) is 0.350. The number of rotatable bonds is 5. The van der Waals surface area contributed by atoms with Crippen molar-refractivity contribution in [2.75, 3.05) is 25.5 Å². The lowest BCUT2D eigenvalue weighted by Gasteiger charge is -2.31. The first-order valence-corrected chi connectivity index (χ1v) is 10.5. The van der Waals surface area contributed by atoms with Crippen LogP contribution in [0.25, 0.3) is 0 Å². The third-order valence-corrected chi connectivity index (χ3v) is 6.79. The molecule has 0 aromatic heterocycles. The van der Waals surface area contributed by atoms with Gasteiger partial charge in [-0.1, -0.05) is 18.2 Å². The molecule has 8 heteroatoms. The van der Waals surface area contributed by atoms with E-state index in [0.717, 1.165) is 17.7 Å². The number of aryl methyl sites for hydroxylation is 1. The Morgan fingerprint density at radius 2 is 2.00 bits per heavy atom. The maximum Gasteiger partial charge on any atom is 0.246 e. The van der Waals surface area contributed by atoms with Gasteiger partial charge in [-0.05, 0) is 49.6 Å². The third kappa shape index (κ3) is 4.18. The quantitative estimate of drug-likeness (QED) is 0.828. The Morgan fingerprint density at radius 1 is 1.25 bits per heavy atom. The fourth-order valence-electron chi connectivity index (χ4n) is 3.31. The highest BCUT2D eigenvalue weighted by Gasteiger charge is 2.35. The lowest BCUT2D eigenvalue weighted by Crippen LogP contribution is -2.43. The molecule has 6 nitrogen and oxygen atoms in total. The van der Waals surface area contributed by atoms with Crippen molar-refractivity contribution < 1.29 is 22.3 Å². The maximum absolute atomic E-state index is 13.7.